The minimum Gasteiger partial charge on any atom is -0.484 e. The molecule has 0 saturated carbocycles. The van der Waals surface area contributed by atoms with Crippen molar-refractivity contribution in [2.75, 3.05) is 26.4 Å². The number of esters is 2. The number of nitrogens with one attached hydrogen (secondary N) is 2. The van der Waals surface area contributed by atoms with Gasteiger partial charge in [0.05, 0.1) is 23.5 Å². The average Bonchev–Trinajstić information content (AvgIpc) is 3.56. The SMILES string of the molecule is O=C(COc1ccccc1)NC(c1ccccc1)c1ccc2cccc(OC(=O)COc3ccccc3)c2n1.O=C(COc1ccccc1)NC(c1ccccc1)c1ccc2cccc(OC(=O)COc3ccccc3)c2n1. The van der Waals surface area contributed by atoms with E-state index in [9.17, 15) is 19.2 Å². The summed E-state index contributed by atoms with van der Waals surface area (Å²) in [6.07, 6.45) is 0. The summed E-state index contributed by atoms with van der Waals surface area (Å²) in [6.45, 7) is -0.787. The fraction of sp³-hybridized carbons (Fsp3) is 0.0938. The molecule has 0 bridgehead atoms. The van der Waals surface area contributed by atoms with Gasteiger partial charge in [0.15, 0.2) is 37.9 Å². The molecule has 2 aromatic heterocycles. The third kappa shape index (κ3) is 14.9. The van der Waals surface area contributed by atoms with Crippen LogP contribution in [-0.4, -0.2) is 60.1 Å². The van der Waals surface area contributed by atoms with Crippen molar-refractivity contribution >= 4 is 45.6 Å². The van der Waals surface area contributed by atoms with E-state index in [2.05, 4.69) is 10.6 Å². The van der Waals surface area contributed by atoms with Gasteiger partial charge in [-0.2, -0.15) is 0 Å². The van der Waals surface area contributed by atoms with Crippen LogP contribution in [0.25, 0.3) is 21.8 Å². The first-order valence-electron chi connectivity index (χ1n) is 24.9. The zero-order valence-electron chi connectivity index (χ0n) is 42.1. The molecule has 2 amide bonds. The lowest BCUT2D eigenvalue weighted by Crippen LogP contribution is -2.33. The van der Waals surface area contributed by atoms with E-state index in [1.54, 1.807) is 72.8 Å². The van der Waals surface area contributed by atoms with E-state index >= 15 is 0 Å². The van der Waals surface area contributed by atoms with Crippen molar-refractivity contribution in [3.05, 3.63) is 265 Å². The molecule has 0 aliphatic carbocycles. The Balaban J connectivity index is 0.000000190. The molecular weight excluding hydrogens is 985 g/mol. The molecule has 2 N–H and O–H groups in total. The second-order valence-electron chi connectivity index (χ2n) is 17.3. The fourth-order valence-electron chi connectivity index (χ4n) is 8.06. The van der Waals surface area contributed by atoms with Gasteiger partial charge in [0.25, 0.3) is 11.8 Å². The minimum atomic E-state index is -0.551. The predicted octanol–water partition coefficient (Wildman–Crippen LogP) is 11.0. The van der Waals surface area contributed by atoms with Crippen molar-refractivity contribution in [3.63, 3.8) is 0 Å². The van der Waals surface area contributed by atoms with E-state index in [4.69, 9.17) is 38.4 Å². The highest BCUT2D eigenvalue weighted by Gasteiger charge is 2.22. The number of hydrogen-bond acceptors (Lipinski definition) is 12. The number of carbonyl (C=O) groups excluding carboxylic acids is 4. The molecular formula is C64H52N4O10. The van der Waals surface area contributed by atoms with Crippen molar-refractivity contribution in [1.82, 2.24) is 20.6 Å². The van der Waals surface area contributed by atoms with Crippen molar-refractivity contribution < 1.29 is 47.6 Å². The highest BCUT2D eigenvalue weighted by molar-refractivity contribution is 5.89. The van der Waals surface area contributed by atoms with E-state index in [1.165, 1.54) is 0 Å². The highest BCUT2D eigenvalue weighted by Crippen LogP contribution is 2.30. The van der Waals surface area contributed by atoms with Crippen LogP contribution in [0.1, 0.15) is 34.6 Å². The third-order valence-corrected chi connectivity index (χ3v) is 11.8. The van der Waals surface area contributed by atoms with Crippen molar-refractivity contribution in [2.24, 2.45) is 0 Å². The summed E-state index contributed by atoms with van der Waals surface area (Å²) in [4.78, 5) is 60.5. The lowest BCUT2D eigenvalue weighted by Gasteiger charge is -2.20. The smallest absolute Gasteiger partial charge is 0.349 e. The molecule has 0 saturated heterocycles. The highest BCUT2D eigenvalue weighted by atomic mass is 16.6. The topological polar surface area (TPSA) is 174 Å². The molecule has 2 heterocycles. The number of nitrogens with zero attached hydrogens (tertiary/aromatic N) is 2. The lowest BCUT2D eigenvalue weighted by atomic mass is 10.0. The molecule has 14 nitrogen and oxygen atoms in total. The maximum Gasteiger partial charge on any atom is 0.349 e. The fourth-order valence-corrected chi connectivity index (χ4v) is 8.06. The van der Waals surface area contributed by atoms with Crippen LogP contribution in [-0.2, 0) is 19.2 Å². The Hall–Kier alpha value is -10.3. The minimum absolute atomic E-state index is 0.148. The average molecular weight is 1040 g/mol. The maximum absolute atomic E-state index is 12.9. The van der Waals surface area contributed by atoms with Crippen LogP contribution < -0.4 is 39.1 Å². The van der Waals surface area contributed by atoms with E-state index in [0.29, 0.717) is 56.9 Å². The molecule has 10 rings (SSSR count). The molecule has 0 radical (unpaired) electrons. The molecule has 8 aromatic carbocycles. The summed E-state index contributed by atoms with van der Waals surface area (Å²) < 4.78 is 33.5. The molecule has 388 valence electrons. The third-order valence-electron chi connectivity index (χ3n) is 11.8. The van der Waals surface area contributed by atoms with E-state index < -0.39 is 24.0 Å². The number of benzene rings is 8. The monoisotopic (exact) mass is 1040 g/mol. The zero-order valence-corrected chi connectivity index (χ0v) is 42.1. The Morgan fingerprint density at radius 1 is 0.333 bits per heavy atom. The molecule has 0 aliphatic rings. The summed E-state index contributed by atoms with van der Waals surface area (Å²) in [5.74, 6) is 1.28. The van der Waals surface area contributed by atoms with Gasteiger partial charge in [0, 0.05) is 10.8 Å². The summed E-state index contributed by atoms with van der Waals surface area (Å²) >= 11 is 0. The molecule has 0 fully saturated rings. The largest absolute Gasteiger partial charge is 0.484 e. The molecule has 2 atom stereocenters. The van der Waals surface area contributed by atoms with Crippen LogP contribution in [0.2, 0.25) is 0 Å². The van der Waals surface area contributed by atoms with Crippen LogP contribution in [0, 0.1) is 0 Å². The number of ether oxygens (including phenoxy) is 6. The quantitative estimate of drug-likeness (QED) is 0.0547. The van der Waals surface area contributed by atoms with Crippen molar-refractivity contribution in [2.45, 2.75) is 12.1 Å². The number of fused-ring (bicyclic) bond motifs is 2. The summed E-state index contributed by atoms with van der Waals surface area (Å²) in [5, 5.41) is 7.64. The normalized spacial score (nSPS) is 11.4. The molecule has 14 heteroatoms. The van der Waals surface area contributed by atoms with Crippen molar-refractivity contribution in [3.8, 4) is 34.5 Å². The van der Waals surface area contributed by atoms with Crippen LogP contribution >= 0.6 is 0 Å². The number of rotatable bonds is 20. The summed E-state index contributed by atoms with van der Waals surface area (Å²) in [6, 6.07) is 72.6. The first-order chi connectivity index (χ1) is 38.3. The van der Waals surface area contributed by atoms with Crippen LogP contribution in [0.5, 0.6) is 34.5 Å². The Morgan fingerprint density at radius 2 is 0.641 bits per heavy atom. The Labute approximate surface area is 450 Å². The molecule has 10 aromatic rings. The van der Waals surface area contributed by atoms with Gasteiger partial charge in [-0.05, 0) is 83.9 Å². The molecule has 0 spiro atoms. The number of amides is 2. The van der Waals surface area contributed by atoms with Gasteiger partial charge in [-0.15, -0.1) is 0 Å². The van der Waals surface area contributed by atoms with Crippen LogP contribution in [0.15, 0.2) is 243 Å². The van der Waals surface area contributed by atoms with Gasteiger partial charge in [-0.3, -0.25) is 9.59 Å². The van der Waals surface area contributed by atoms with Gasteiger partial charge in [-0.1, -0.05) is 170 Å². The van der Waals surface area contributed by atoms with E-state index in [0.717, 1.165) is 21.9 Å². The van der Waals surface area contributed by atoms with Crippen molar-refractivity contribution in [1.29, 1.82) is 0 Å². The van der Waals surface area contributed by atoms with Crippen LogP contribution in [0.3, 0.4) is 0 Å². The Kier molecular flexibility index (Phi) is 18.0. The molecule has 2 unspecified atom stereocenters. The second kappa shape index (κ2) is 26.7. The van der Waals surface area contributed by atoms with Gasteiger partial charge < -0.3 is 39.1 Å². The van der Waals surface area contributed by atoms with E-state index in [1.807, 2.05) is 170 Å². The Bertz CT molecular complexity index is 3320. The van der Waals surface area contributed by atoms with Crippen LogP contribution in [0.4, 0.5) is 0 Å². The van der Waals surface area contributed by atoms with Gasteiger partial charge >= 0.3 is 11.9 Å². The van der Waals surface area contributed by atoms with Gasteiger partial charge in [0.2, 0.25) is 0 Å². The summed E-state index contributed by atoms with van der Waals surface area (Å²) in [7, 11) is 0. The second-order valence-corrected chi connectivity index (χ2v) is 17.3. The molecule has 78 heavy (non-hydrogen) atoms. The number of carbonyl (C=O) groups is 4. The maximum atomic E-state index is 12.9. The lowest BCUT2D eigenvalue weighted by molar-refractivity contribution is -0.137. The zero-order chi connectivity index (χ0) is 53.7. The number of hydrogen-bond donors (Lipinski definition) is 2. The first-order valence-corrected chi connectivity index (χ1v) is 24.9. The van der Waals surface area contributed by atoms with E-state index in [-0.39, 0.29) is 38.2 Å². The standard InChI is InChI=1S/2C32H26N2O5/c2*35-29(21-37-25-14-6-2-7-15-25)34-31(23-11-4-1-5-12-23)27-20-19-24-13-10-18-28(32(24)33-27)39-30(36)22-38-26-16-8-3-9-17-26/h2*1-20,31H,21-22H2,(H,34,35). The van der Waals surface area contributed by atoms with Gasteiger partial charge in [-0.25, -0.2) is 19.6 Å². The number of pyridine rings is 2. The number of para-hydroxylation sites is 6. The van der Waals surface area contributed by atoms with Gasteiger partial charge in [0.1, 0.15) is 34.0 Å². The predicted molar refractivity (Wildman–Crippen MR) is 295 cm³/mol. The Morgan fingerprint density at radius 3 is 0.974 bits per heavy atom. The number of aromatic nitrogens is 2. The summed E-state index contributed by atoms with van der Waals surface area (Å²) in [5.41, 5.74) is 3.88. The molecule has 0 aliphatic heterocycles. The first kappa shape index (κ1) is 52.5.